The Morgan fingerprint density at radius 2 is 2.06 bits per heavy atom. The van der Waals surface area contributed by atoms with E-state index >= 15 is 0 Å². The van der Waals surface area contributed by atoms with Crippen molar-refractivity contribution in [3.05, 3.63) is 60.2 Å². The van der Waals surface area contributed by atoms with E-state index in [-0.39, 0.29) is 18.3 Å². The van der Waals surface area contributed by atoms with E-state index < -0.39 is 0 Å². The van der Waals surface area contributed by atoms with Gasteiger partial charge in [0, 0.05) is 32.6 Å². The molecule has 1 amide bonds. The quantitative estimate of drug-likeness (QED) is 0.585. The first-order chi connectivity index (χ1) is 15.1. The first-order valence-corrected chi connectivity index (χ1v) is 11.1. The highest BCUT2D eigenvalue weighted by atomic mass is 32.1. The summed E-state index contributed by atoms with van der Waals surface area (Å²) in [6.45, 7) is 1.73. The second-order valence-electron chi connectivity index (χ2n) is 7.70. The second kappa shape index (κ2) is 9.98. The summed E-state index contributed by atoms with van der Waals surface area (Å²) in [5, 5.41) is 3.96. The Labute approximate surface area is 185 Å². The molecule has 3 heterocycles. The minimum Gasteiger partial charge on any atom is -0.375 e. The topological polar surface area (TPSA) is 67.3 Å². The van der Waals surface area contributed by atoms with Gasteiger partial charge in [0.25, 0.3) is 0 Å². The highest BCUT2D eigenvalue weighted by molar-refractivity contribution is 7.18. The predicted octanol–water partition coefficient (Wildman–Crippen LogP) is 4.52. The number of halogens is 1. The smallest absolute Gasteiger partial charge is 0.248 e. The van der Waals surface area contributed by atoms with Crippen LogP contribution < -0.4 is 5.32 Å². The largest absolute Gasteiger partial charge is 0.375 e. The number of thiazole rings is 1. The summed E-state index contributed by atoms with van der Waals surface area (Å²) in [4.78, 5) is 23.9. The van der Waals surface area contributed by atoms with Crippen LogP contribution in [0.2, 0.25) is 0 Å². The molecule has 31 heavy (non-hydrogen) atoms. The molecule has 0 radical (unpaired) electrons. The Hall–Kier alpha value is -2.84. The number of rotatable bonds is 7. The molecule has 0 unspecified atom stereocenters. The fourth-order valence-corrected chi connectivity index (χ4v) is 4.64. The molecule has 0 bridgehead atoms. The van der Waals surface area contributed by atoms with Crippen molar-refractivity contribution < 1.29 is 13.9 Å². The van der Waals surface area contributed by atoms with Gasteiger partial charge in [-0.1, -0.05) is 29.5 Å². The summed E-state index contributed by atoms with van der Waals surface area (Å²) < 4.78 is 18.1. The second-order valence-corrected chi connectivity index (χ2v) is 8.73. The number of nitrogens with one attached hydrogen (secondary N) is 1. The zero-order valence-corrected chi connectivity index (χ0v) is 18.2. The molecule has 8 heteroatoms. The number of pyridine rings is 1. The van der Waals surface area contributed by atoms with Gasteiger partial charge in [-0.3, -0.25) is 4.79 Å². The van der Waals surface area contributed by atoms with Crippen LogP contribution in [0.4, 0.5) is 15.3 Å². The van der Waals surface area contributed by atoms with Crippen molar-refractivity contribution in [2.24, 2.45) is 5.92 Å². The lowest BCUT2D eigenvalue weighted by Crippen LogP contribution is -2.42. The number of anilines is 2. The van der Waals surface area contributed by atoms with Gasteiger partial charge in [-0.2, -0.15) is 0 Å². The highest BCUT2D eigenvalue weighted by Crippen LogP contribution is 2.30. The van der Waals surface area contributed by atoms with Crippen LogP contribution in [0, 0.1) is 11.7 Å². The molecule has 162 valence electrons. The van der Waals surface area contributed by atoms with E-state index in [1.807, 2.05) is 17.2 Å². The maximum Gasteiger partial charge on any atom is 0.248 e. The van der Waals surface area contributed by atoms with E-state index in [1.54, 1.807) is 25.4 Å². The summed E-state index contributed by atoms with van der Waals surface area (Å²) >= 11 is 1.49. The van der Waals surface area contributed by atoms with Crippen molar-refractivity contribution in [3.63, 3.8) is 0 Å². The van der Waals surface area contributed by atoms with Crippen LogP contribution in [-0.4, -0.2) is 47.6 Å². The minimum atomic E-state index is -0.251. The maximum atomic E-state index is 13.1. The van der Waals surface area contributed by atoms with Gasteiger partial charge >= 0.3 is 0 Å². The molecule has 0 aliphatic carbocycles. The number of amides is 1. The molecule has 1 aromatic carbocycles. The van der Waals surface area contributed by atoms with E-state index in [9.17, 15) is 9.18 Å². The fourth-order valence-electron chi connectivity index (χ4n) is 3.81. The van der Waals surface area contributed by atoms with Gasteiger partial charge in [0.15, 0.2) is 5.13 Å². The van der Waals surface area contributed by atoms with Crippen LogP contribution >= 0.6 is 11.3 Å². The van der Waals surface area contributed by atoms with Crippen LogP contribution in [0.3, 0.4) is 0 Å². The summed E-state index contributed by atoms with van der Waals surface area (Å²) in [7, 11) is 1.55. The Morgan fingerprint density at radius 1 is 1.23 bits per heavy atom. The average Bonchev–Trinajstić information content (AvgIpc) is 3.24. The molecule has 2 aromatic heterocycles. The molecule has 4 rings (SSSR count). The first-order valence-electron chi connectivity index (χ1n) is 10.3. The summed E-state index contributed by atoms with van der Waals surface area (Å²) in [5.41, 5.74) is 2.09. The van der Waals surface area contributed by atoms with Crippen LogP contribution in [0.15, 0.2) is 48.8 Å². The Morgan fingerprint density at radius 3 is 2.81 bits per heavy atom. The molecule has 1 fully saturated rings. The van der Waals surface area contributed by atoms with Crippen LogP contribution in [0.5, 0.6) is 0 Å². The number of hydrogen-bond donors (Lipinski definition) is 1. The maximum absolute atomic E-state index is 13.1. The van der Waals surface area contributed by atoms with E-state index in [0.717, 1.165) is 59.3 Å². The van der Waals surface area contributed by atoms with Crippen molar-refractivity contribution in [1.82, 2.24) is 14.9 Å². The standard InChI is InChI=1S/C23H25FN4O2S/c1-30-15-22(29)28-10-2-3-17(14-28)11-16-4-9-21(25-12-16)27-23-26-13-20(31-23)18-5-7-19(24)8-6-18/h4-9,12-13,17H,2-3,10-11,14-15H2,1H3,(H,25,26,27)/t17-/m0/s1. The molecule has 0 saturated carbocycles. The van der Waals surface area contributed by atoms with Crippen LogP contribution in [-0.2, 0) is 16.0 Å². The van der Waals surface area contributed by atoms with Crippen molar-refractivity contribution >= 4 is 28.2 Å². The van der Waals surface area contributed by atoms with Crippen molar-refractivity contribution in [2.45, 2.75) is 19.3 Å². The number of hydrogen-bond acceptors (Lipinski definition) is 6. The SMILES string of the molecule is COCC(=O)N1CCC[C@@H](Cc2ccc(Nc3ncc(-c4ccc(F)cc4)s3)nc2)C1. The predicted molar refractivity (Wildman–Crippen MR) is 120 cm³/mol. The van der Waals surface area contributed by atoms with Gasteiger partial charge < -0.3 is 15.0 Å². The monoisotopic (exact) mass is 440 g/mol. The molecule has 1 aliphatic rings. The van der Waals surface area contributed by atoms with Crippen molar-refractivity contribution in [1.29, 1.82) is 0 Å². The lowest BCUT2D eigenvalue weighted by molar-refractivity contribution is -0.136. The molecule has 0 spiro atoms. The fraction of sp³-hybridized carbons (Fsp3) is 0.348. The number of carbonyl (C=O) groups excluding carboxylic acids is 1. The molecule has 1 N–H and O–H groups in total. The Kier molecular flexibility index (Phi) is 6.89. The zero-order valence-electron chi connectivity index (χ0n) is 17.4. The Bertz CT molecular complexity index is 1010. The summed E-state index contributed by atoms with van der Waals surface area (Å²) in [5.74, 6) is 0.975. The molecular weight excluding hydrogens is 415 g/mol. The first kappa shape index (κ1) is 21.4. The van der Waals surface area contributed by atoms with Gasteiger partial charge in [0.1, 0.15) is 18.2 Å². The number of aromatic nitrogens is 2. The number of nitrogens with zero attached hydrogens (tertiary/aromatic N) is 3. The molecule has 1 saturated heterocycles. The number of piperidine rings is 1. The van der Waals surface area contributed by atoms with Crippen LogP contribution in [0.25, 0.3) is 10.4 Å². The number of carbonyl (C=O) groups is 1. The number of likely N-dealkylation sites (tertiary alicyclic amines) is 1. The molecule has 3 aromatic rings. The number of benzene rings is 1. The Balaban J connectivity index is 1.33. The third-order valence-electron chi connectivity index (χ3n) is 5.36. The summed E-state index contributed by atoms with van der Waals surface area (Å²) in [6.07, 6.45) is 6.69. The van der Waals surface area contributed by atoms with E-state index in [4.69, 9.17) is 4.74 Å². The van der Waals surface area contributed by atoms with Gasteiger partial charge in [-0.15, -0.1) is 0 Å². The summed E-state index contributed by atoms with van der Waals surface area (Å²) in [6, 6.07) is 10.4. The van der Waals surface area contributed by atoms with Crippen molar-refractivity contribution in [2.75, 3.05) is 32.1 Å². The molecule has 6 nitrogen and oxygen atoms in total. The number of ether oxygens (including phenoxy) is 1. The third kappa shape index (κ3) is 5.65. The van der Waals surface area contributed by atoms with Crippen LogP contribution in [0.1, 0.15) is 18.4 Å². The molecule has 1 aliphatic heterocycles. The molecular formula is C23H25FN4O2S. The minimum absolute atomic E-state index is 0.0633. The number of methoxy groups -OCH3 is 1. The molecule has 1 atom stereocenters. The van der Waals surface area contributed by atoms with Gasteiger partial charge in [-0.05, 0) is 54.5 Å². The van der Waals surface area contributed by atoms with Gasteiger partial charge in [0.05, 0.1) is 4.88 Å². The van der Waals surface area contributed by atoms with Gasteiger partial charge in [-0.25, -0.2) is 14.4 Å². The van der Waals surface area contributed by atoms with Gasteiger partial charge in [0.2, 0.25) is 5.91 Å². The average molecular weight is 441 g/mol. The van der Waals surface area contributed by atoms with E-state index in [1.165, 1.54) is 23.5 Å². The third-order valence-corrected chi connectivity index (χ3v) is 6.32. The highest BCUT2D eigenvalue weighted by Gasteiger charge is 2.23. The van der Waals surface area contributed by atoms with Crippen molar-refractivity contribution in [3.8, 4) is 10.4 Å². The lowest BCUT2D eigenvalue weighted by atomic mass is 9.92. The van der Waals surface area contributed by atoms with E-state index in [2.05, 4.69) is 21.4 Å². The van der Waals surface area contributed by atoms with E-state index in [0.29, 0.717) is 5.92 Å². The zero-order chi connectivity index (χ0) is 21.6. The normalized spacial score (nSPS) is 16.3. The lowest BCUT2D eigenvalue weighted by Gasteiger charge is -2.32.